The molecule has 39 heavy (non-hydrogen) atoms. The van der Waals surface area contributed by atoms with Gasteiger partial charge in [0, 0.05) is 49.5 Å². The van der Waals surface area contributed by atoms with Crippen LogP contribution in [0, 0.1) is 0 Å². The van der Waals surface area contributed by atoms with Gasteiger partial charge < -0.3 is 19.4 Å². The first-order chi connectivity index (χ1) is 19.0. The summed E-state index contributed by atoms with van der Waals surface area (Å²) in [5, 5.41) is 7.61. The van der Waals surface area contributed by atoms with E-state index in [1.807, 2.05) is 34.0 Å². The van der Waals surface area contributed by atoms with Crippen LogP contribution in [-0.4, -0.2) is 36.4 Å². The van der Waals surface area contributed by atoms with E-state index in [1.54, 1.807) is 24.0 Å². The van der Waals surface area contributed by atoms with Crippen molar-refractivity contribution in [3.05, 3.63) is 75.7 Å². The largest absolute Gasteiger partial charge is 0.339 e. The van der Waals surface area contributed by atoms with Gasteiger partial charge in [-0.15, -0.1) is 0 Å². The summed E-state index contributed by atoms with van der Waals surface area (Å²) in [6, 6.07) is 8.63. The number of carbonyl (C=O) groups is 1. The second-order valence-corrected chi connectivity index (χ2v) is 10.9. The standard InChI is InChI=1S/C30H33N7O2/c1-3-22-23(24-18-34(2)30(39)28(33-24)32-20-16-31-37(17-20)21-11-12-21)8-6-10-26(22)36-14-13-35-25-9-5-4-7-19(25)15-27(35)29(36)38/h6,8,10,15-18,21H,3-5,7,9,11-14H2,1-2H3,(H,32,33). The van der Waals surface area contributed by atoms with Crippen LogP contribution in [0.3, 0.4) is 0 Å². The zero-order valence-corrected chi connectivity index (χ0v) is 22.5. The van der Waals surface area contributed by atoms with Gasteiger partial charge >= 0.3 is 0 Å². The summed E-state index contributed by atoms with van der Waals surface area (Å²) in [5.74, 6) is 0.321. The number of nitrogens with one attached hydrogen (secondary N) is 1. The molecule has 4 heterocycles. The third-order valence-electron chi connectivity index (χ3n) is 8.35. The van der Waals surface area contributed by atoms with Crippen molar-refractivity contribution >= 4 is 23.1 Å². The van der Waals surface area contributed by atoms with Crippen molar-refractivity contribution in [1.82, 2.24) is 23.9 Å². The summed E-state index contributed by atoms with van der Waals surface area (Å²) in [4.78, 5) is 33.5. The molecule has 9 nitrogen and oxygen atoms in total. The smallest absolute Gasteiger partial charge is 0.293 e. The molecule has 1 saturated carbocycles. The fraction of sp³-hybridized carbons (Fsp3) is 0.400. The molecule has 3 aromatic heterocycles. The molecule has 7 rings (SSSR count). The number of benzene rings is 1. The van der Waals surface area contributed by atoms with Gasteiger partial charge in [-0.25, -0.2) is 4.98 Å². The molecule has 0 unspecified atom stereocenters. The van der Waals surface area contributed by atoms with Crippen LogP contribution in [0.1, 0.15) is 66.0 Å². The highest BCUT2D eigenvalue weighted by Crippen LogP contribution is 2.36. The molecule has 1 amide bonds. The maximum Gasteiger partial charge on any atom is 0.293 e. The third-order valence-corrected chi connectivity index (χ3v) is 8.35. The van der Waals surface area contributed by atoms with E-state index in [1.165, 1.54) is 24.1 Å². The van der Waals surface area contributed by atoms with E-state index >= 15 is 0 Å². The monoisotopic (exact) mass is 523 g/mol. The Balaban J connectivity index is 1.25. The molecule has 2 aliphatic carbocycles. The van der Waals surface area contributed by atoms with Crippen molar-refractivity contribution in [3.63, 3.8) is 0 Å². The van der Waals surface area contributed by atoms with Gasteiger partial charge in [-0.1, -0.05) is 19.1 Å². The Morgan fingerprint density at radius 1 is 1.08 bits per heavy atom. The molecule has 1 N–H and O–H groups in total. The zero-order chi connectivity index (χ0) is 26.7. The number of rotatable bonds is 6. The highest BCUT2D eigenvalue weighted by molar-refractivity contribution is 6.07. The number of carbonyl (C=O) groups excluding carboxylic acids is 1. The van der Waals surface area contributed by atoms with E-state index in [-0.39, 0.29) is 17.3 Å². The number of aryl methyl sites for hydroxylation is 2. The first-order valence-electron chi connectivity index (χ1n) is 14.1. The van der Waals surface area contributed by atoms with Gasteiger partial charge in [0.25, 0.3) is 11.5 Å². The molecule has 0 atom stereocenters. The molecule has 9 heteroatoms. The summed E-state index contributed by atoms with van der Waals surface area (Å²) in [7, 11) is 1.74. The van der Waals surface area contributed by atoms with Crippen molar-refractivity contribution in [2.24, 2.45) is 7.05 Å². The molecule has 1 aromatic carbocycles. The van der Waals surface area contributed by atoms with Crippen molar-refractivity contribution < 1.29 is 4.79 Å². The van der Waals surface area contributed by atoms with E-state index in [0.717, 1.165) is 66.8 Å². The van der Waals surface area contributed by atoms with Crippen molar-refractivity contribution in [1.29, 1.82) is 0 Å². The minimum atomic E-state index is -0.205. The Morgan fingerprint density at radius 2 is 1.92 bits per heavy atom. The Bertz CT molecular complexity index is 1660. The number of hydrogen-bond donors (Lipinski definition) is 1. The Hall–Kier alpha value is -4.14. The van der Waals surface area contributed by atoms with Crippen LogP contribution < -0.4 is 15.8 Å². The molecule has 0 saturated heterocycles. The van der Waals surface area contributed by atoms with Gasteiger partial charge in [0.15, 0.2) is 5.82 Å². The van der Waals surface area contributed by atoms with Crippen LogP contribution in [0.25, 0.3) is 11.3 Å². The summed E-state index contributed by atoms with van der Waals surface area (Å²) in [6.45, 7) is 3.55. The fourth-order valence-corrected chi connectivity index (χ4v) is 6.20. The molecule has 1 aliphatic heterocycles. The lowest BCUT2D eigenvalue weighted by Crippen LogP contribution is -2.41. The Kier molecular flexibility index (Phi) is 5.68. The maximum absolute atomic E-state index is 13.8. The van der Waals surface area contributed by atoms with Crippen molar-refractivity contribution in [3.8, 4) is 11.3 Å². The van der Waals surface area contributed by atoms with Gasteiger partial charge in [0.1, 0.15) is 5.69 Å². The first kappa shape index (κ1) is 23.9. The van der Waals surface area contributed by atoms with Crippen LogP contribution in [-0.2, 0) is 32.9 Å². The number of fused-ring (bicyclic) bond motifs is 3. The predicted octanol–water partition coefficient (Wildman–Crippen LogP) is 4.63. The molecular formula is C30H33N7O2. The summed E-state index contributed by atoms with van der Waals surface area (Å²) >= 11 is 0. The van der Waals surface area contributed by atoms with E-state index in [4.69, 9.17) is 4.98 Å². The van der Waals surface area contributed by atoms with Gasteiger partial charge in [-0.05, 0) is 68.2 Å². The molecule has 3 aliphatic rings. The fourth-order valence-electron chi connectivity index (χ4n) is 6.20. The van der Waals surface area contributed by atoms with E-state index < -0.39 is 0 Å². The number of amides is 1. The van der Waals surface area contributed by atoms with Crippen LogP contribution >= 0.6 is 0 Å². The average Bonchev–Trinajstić information content (AvgIpc) is 3.58. The van der Waals surface area contributed by atoms with Gasteiger partial charge in [0.05, 0.1) is 23.6 Å². The van der Waals surface area contributed by atoms with Crippen LogP contribution in [0.5, 0.6) is 0 Å². The second kappa shape index (κ2) is 9.25. The van der Waals surface area contributed by atoms with Crippen LogP contribution in [0.2, 0.25) is 0 Å². The number of anilines is 3. The molecule has 4 aromatic rings. The molecule has 0 radical (unpaired) electrons. The zero-order valence-electron chi connectivity index (χ0n) is 22.5. The van der Waals surface area contributed by atoms with E-state index in [2.05, 4.69) is 28.0 Å². The second-order valence-electron chi connectivity index (χ2n) is 10.9. The van der Waals surface area contributed by atoms with Crippen molar-refractivity contribution in [2.45, 2.75) is 64.5 Å². The van der Waals surface area contributed by atoms with Crippen LogP contribution in [0.4, 0.5) is 17.2 Å². The lowest BCUT2D eigenvalue weighted by Gasteiger charge is -2.31. The summed E-state index contributed by atoms with van der Waals surface area (Å²) in [5.41, 5.74) is 7.63. The number of aromatic nitrogens is 5. The highest BCUT2D eigenvalue weighted by atomic mass is 16.2. The topological polar surface area (TPSA) is 90.0 Å². The lowest BCUT2D eigenvalue weighted by molar-refractivity contribution is 0.0964. The quantitative estimate of drug-likeness (QED) is 0.398. The average molecular weight is 524 g/mol. The normalized spacial score (nSPS) is 16.8. The number of hydrogen-bond acceptors (Lipinski definition) is 5. The Morgan fingerprint density at radius 3 is 2.74 bits per heavy atom. The van der Waals surface area contributed by atoms with Gasteiger partial charge in [0.2, 0.25) is 0 Å². The predicted molar refractivity (Wildman–Crippen MR) is 151 cm³/mol. The van der Waals surface area contributed by atoms with E-state index in [0.29, 0.717) is 18.3 Å². The minimum Gasteiger partial charge on any atom is -0.339 e. The summed E-state index contributed by atoms with van der Waals surface area (Å²) in [6.07, 6.45) is 13.0. The number of nitrogens with zero attached hydrogens (tertiary/aromatic N) is 6. The van der Waals surface area contributed by atoms with Gasteiger partial charge in [-0.2, -0.15) is 5.10 Å². The van der Waals surface area contributed by atoms with E-state index in [9.17, 15) is 9.59 Å². The third kappa shape index (κ3) is 4.07. The maximum atomic E-state index is 13.8. The summed E-state index contributed by atoms with van der Waals surface area (Å²) < 4.78 is 5.75. The Labute approximate surface area is 227 Å². The van der Waals surface area contributed by atoms with Crippen LogP contribution in [0.15, 0.2) is 47.7 Å². The lowest BCUT2D eigenvalue weighted by atomic mass is 9.98. The molecule has 1 fully saturated rings. The first-order valence-corrected chi connectivity index (χ1v) is 14.1. The van der Waals surface area contributed by atoms with Gasteiger partial charge in [-0.3, -0.25) is 14.3 Å². The molecule has 0 spiro atoms. The molecular weight excluding hydrogens is 490 g/mol. The van der Waals surface area contributed by atoms with Crippen molar-refractivity contribution in [2.75, 3.05) is 16.8 Å². The molecule has 200 valence electrons. The highest BCUT2D eigenvalue weighted by Gasteiger charge is 2.31. The SMILES string of the molecule is CCc1c(-c2cn(C)c(=O)c(Nc3cnn(C4CC4)c3)n2)cccc1N1CCn2c(cc3c2CCCC3)C1=O. The minimum absolute atomic E-state index is 0.0611. The molecule has 0 bridgehead atoms.